The van der Waals surface area contributed by atoms with Gasteiger partial charge in [0.05, 0.1) is 6.04 Å². The van der Waals surface area contributed by atoms with Crippen LogP contribution >= 0.6 is 24.0 Å². The molecule has 1 amide bonds. The first-order valence-electron chi connectivity index (χ1n) is 9.80. The van der Waals surface area contributed by atoms with E-state index in [1.165, 1.54) is 11.1 Å². The van der Waals surface area contributed by atoms with Crippen LogP contribution in [0, 0.1) is 5.92 Å². The van der Waals surface area contributed by atoms with Gasteiger partial charge in [0.1, 0.15) is 0 Å². The molecule has 0 radical (unpaired) electrons. The maximum Gasteiger partial charge on any atom is 0.251 e. The zero-order chi connectivity index (χ0) is 20.5. The molecular weight excluding hydrogens is 475 g/mol. The Kier molecular flexibility index (Phi) is 10.7. The van der Waals surface area contributed by atoms with Crippen molar-refractivity contribution in [2.24, 2.45) is 10.9 Å². The first-order valence-corrected chi connectivity index (χ1v) is 9.80. The van der Waals surface area contributed by atoms with Gasteiger partial charge in [-0.15, -0.1) is 24.0 Å². The number of rotatable bonds is 7. The van der Waals surface area contributed by atoms with E-state index in [9.17, 15) is 4.79 Å². The van der Waals surface area contributed by atoms with Crippen LogP contribution in [0.2, 0.25) is 0 Å². The smallest absolute Gasteiger partial charge is 0.251 e. The predicted molar refractivity (Wildman–Crippen MR) is 132 cm³/mol. The number of hydrogen-bond donors (Lipinski definition) is 3. The molecule has 1 unspecified atom stereocenters. The molecule has 0 fully saturated rings. The molecule has 2 aromatic rings. The van der Waals surface area contributed by atoms with E-state index in [0.717, 1.165) is 17.9 Å². The molecule has 0 saturated carbocycles. The lowest BCUT2D eigenvalue weighted by molar-refractivity contribution is 0.0963. The molecule has 2 rings (SSSR count). The summed E-state index contributed by atoms with van der Waals surface area (Å²) in [6, 6.07) is 16.5. The van der Waals surface area contributed by atoms with Gasteiger partial charge in [0.15, 0.2) is 5.96 Å². The standard InChI is InChI=1S/C23H32N4O.HI/c1-16(2)14-18-6-10-20(11-7-18)17(3)27-23(25-5)26-15-19-8-12-21(13-9-19)22(28)24-4;/h6-13,16-17H,14-15H2,1-5H3,(H,24,28)(H2,25,26,27);1H. The van der Waals surface area contributed by atoms with E-state index in [2.05, 4.69) is 66.0 Å². The minimum atomic E-state index is -0.0785. The van der Waals surface area contributed by atoms with Gasteiger partial charge < -0.3 is 16.0 Å². The average molecular weight is 508 g/mol. The van der Waals surface area contributed by atoms with Crippen LogP contribution < -0.4 is 16.0 Å². The lowest BCUT2D eigenvalue weighted by Gasteiger charge is -2.19. The SMILES string of the molecule is CN=C(NCc1ccc(C(=O)NC)cc1)NC(C)c1ccc(CC(C)C)cc1.I. The second-order valence-corrected chi connectivity index (χ2v) is 7.41. The van der Waals surface area contributed by atoms with Gasteiger partial charge in [-0.2, -0.15) is 0 Å². The summed E-state index contributed by atoms with van der Waals surface area (Å²) in [4.78, 5) is 15.9. The van der Waals surface area contributed by atoms with E-state index in [1.807, 2.05) is 24.3 Å². The number of nitrogens with one attached hydrogen (secondary N) is 3. The fourth-order valence-electron chi connectivity index (χ4n) is 3.00. The van der Waals surface area contributed by atoms with Crippen LogP contribution in [0.5, 0.6) is 0 Å². The van der Waals surface area contributed by atoms with Crippen LogP contribution in [0.25, 0.3) is 0 Å². The molecule has 0 bridgehead atoms. The summed E-state index contributed by atoms with van der Waals surface area (Å²) in [5.74, 6) is 1.33. The highest BCUT2D eigenvalue weighted by Gasteiger charge is 2.09. The molecule has 0 saturated heterocycles. The maximum atomic E-state index is 11.6. The van der Waals surface area contributed by atoms with E-state index in [0.29, 0.717) is 18.0 Å². The number of hydrogen-bond acceptors (Lipinski definition) is 2. The maximum absolute atomic E-state index is 11.6. The summed E-state index contributed by atoms with van der Waals surface area (Å²) in [5, 5.41) is 9.38. The Morgan fingerprint density at radius 2 is 1.55 bits per heavy atom. The number of amides is 1. The quantitative estimate of drug-likeness (QED) is 0.297. The molecule has 158 valence electrons. The monoisotopic (exact) mass is 508 g/mol. The molecule has 5 nitrogen and oxygen atoms in total. The van der Waals surface area contributed by atoms with E-state index >= 15 is 0 Å². The van der Waals surface area contributed by atoms with Crippen molar-refractivity contribution in [1.82, 2.24) is 16.0 Å². The first kappa shape index (κ1) is 24.9. The fourth-order valence-corrected chi connectivity index (χ4v) is 3.00. The van der Waals surface area contributed by atoms with Crippen molar-refractivity contribution in [3.8, 4) is 0 Å². The van der Waals surface area contributed by atoms with E-state index in [4.69, 9.17) is 0 Å². The highest BCUT2D eigenvalue weighted by molar-refractivity contribution is 14.0. The third-order valence-corrected chi connectivity index (χ3v) is 4.60. The summed E-state index contributed by atoms with van der Waals surface area (Å²) in [6.45, 7) is 7.23. The van der Waals surface area contributed by atoms with Crippen molar-refractivity contribution in [2.45, 2.75) is 39.8 Å². The Morgan fingerprint density at radius 1 is 0.966 bits per heavy atom. The van der Waals surface area contributed by atoms with Gasteiger partial charge in [-0.25, -0.2) is 0 Å². The topological polar surface area (TPSA) is 65.5 Å². The Morgan fingerprint density at radius 3 is 2.07 bits per heavy atom. The van der Waals surface area contributed by atoms with Gasteiger partial charge in [0.2, 0.25) is 0 Å². The molecule has 0 heterocycles. The number of carbonyl (C=O) groups excluding carboxylic acids is 1. The Bertz CT molecular complexity index is 786. The summed E-state index contributed by atoms with van der Waals surface area (Å²) in [5.41, 5.74) is 4.34. The van der Waals surface area contributed by atoms with Crippen molar-refractivity contribution in [3.63, 3.8) is 0 Å². The molecule has 0 aliphatic rings. The van der Waals surface area contributed by atoms with E-state index < -0.39 is 0 Å². The number of guanidine groups is 1. The number of benzene rings is 2. The Hall–Kier alpha value is -2.09. The molecule has 3 N–H and O–H groups in total. The second kappa shape index (κ2) is 12.5. The van der Waals surface area contributed by atoms with Crippen molar-refractivity contribution >= 4 is 35.8 Å². The van der Waals surface area contributed by atoms with Gasteiger partial charge in [0.25, 0.3) is 5.91 Å². The van der Waals surface area contributed by atoms with Crippen molar-refractivity contribution < 1.29 is 4.79 Å². The van der Waals surface area contributed by atoms with Gasteiger partial charge in [-0.1, -0.05) is 50.2 Å². The minimum Gasteiger partial charge on any atom is -0.355 e. The molecule has 0 aliphatic carbocycles. The van der Waals surface area contributed by atoms with Crippen LogP contribution in [0.15, 0.2) is 53.5 Å². The van der Waals surface area contributed by atoms with Crippen LogP contribution in [0.1, 0.15) is 53.9 Å². The molecule has 0 aliphatic heterocycles. The van der Waals surface area contributed by atoms with Crippen LogP contribution in [0.4, 0.5) is 0 Å². The second-order valence-electron chi connectivity index (χ2n) is 7.41. The van der Waals surface area contributed by atoms with Crippen LogP contribution in [-0.4, -0.2) is 26.0 Å². The third kappa shape index (κ3) is 8.04. The number of aliphatic imine (C=N–C) groups is 1. The molecular formula is C23H33IN4O. The summed E-state index contributed by atoms with van der Waals surface area (Å²) in [7, 11) is 3.40. The summed E-state index contributed by atoms with van der Waals surface area (Å²) < 4.78 is 0. The number of nitrogens with zero attached hydrogens (tertiary/aromatic N) is 1. The van der Waals surface area contributed by atoms with Gasteiger partial charge >= 0.3 is 0 Å². The normalized spacial score (nSPS) is 12.1. The lowest BCUT2D eigenvalue weighted by atomic mass is 10.00. The predicted octanol–water partition coefficient (Wildman–Crippen LogP) is 4.29. The Labute approximate surface area is 191 Å². The first-order chi connectivity index (χ1) is 13.4. The summed E-state index contributed by atoms with van der Waals surface area (Å²) >= 11 is 0. The van der Waals surface area contributed by atoms with Crippen LogP contribution in [-0.2, 0) is 13.0 Å². The molecule has 1 atom stereocenters. The average Bonchev–Trinajstić information content (AvgIpc) is 2.70. The summed E-state index contributed by atoms with van der Waals surface area (Å²) in [6.07, 6.45) is 1.10. The zero-order valence-electron chi connectivity index (χ0n) is 18.0. The van der Waals surface area contributed by atoms with Crippen LogP contribution in [0.3, 0.4) is 0 Å². The van der Waals surface area contributed by atoms with Crippen molar-refractivity contribution in [3.05, 3.63) is 70.8 Å². The highest BCUT2D eigenvalue weighted by atomic mass is 127. The molecule has 0 aromatic heterocycles. The lowest BCUT2D eigenvalue weighted by Crippen LogP contribution is -2.38. The molecule has 0 spiro atoms. The van der Waals surface area contributed by atoms with E-state index in [-0.39, 0.29) is 35.9 Å². The zero-order valence-corrected chi connectivity index (χ0v) is 20.3. The van der Waals surface area contributed by atoms with Gasteiger partial charge in [-0.3, -0.25) is 9.79 Å². The van der Waals surface area contributed by atoms with E-state index in [1.54, 1.807) is 14.1 Å². The van der Waals surface area contributed by atoms with Gasteiger partial charge in [0, 0.05) is 26.2 Å². The van der Waals surface area contributed by atoms with Crippen molar-refractivity contribution in [1.29, 1.82) is 0 Å². The number of halogens is 1. The Balaban J connectivity index is 0.00000420. The molecule has 2 aromatic carbocycles. The minimum absolute atomic E-state index is 0. The number of carbonyl (C=O) groups is 1. The largest absolute Gasteiger partial charge is 0.355 e. The molecule has 29 heavy (non-hydrogen) atoms. The molecule has 6 heteroatoms. The highest BCUT2D eigenvalue weighted by Crippen LogP contribution is 2.15. The fraction of sp³-hybridized carbons (Fsp3) is 0.391. The van der Waals surface area contributed by atoms with Gasteiger partial charge in [-0.05, 0) is 48.1 Å². The third-order valence-electron chi connectivity index (χ3n) is 4.60. The van der Waals surface area contributed by atoms with Crippen molar-refractivity contribution in [2.75, 3.05) is 14.1 Å².